The fourth-order valence-corrected chi connectivity index (χ4v) is 6.92. The Bertz CT molecular complexity index is 1320. The second-order valence-corrected chi connectivity index (χ2v) is 11.6. The third kappa shape index (κ3) is 4.56. The van der Waals surface area contributed by atoms with E-state index in [1.165, 1.54) is 10.4 Å². The first-order chi connectivity index (χ1) is 16.4. The van der Waals surface area contributed by atoms with E-state index in [0.29, 0.717) is 46.9 Å². The molecule has 34 heavy (non-hydrogen) atoms. The predicted molar refractivity (Wildman–Crippen MR) is 128 cm³/mol. The maximum Gasteiger partial charge on any atom is 0.255 e. The lowest BCUT2D eigenvalue weighted by Crippen LogP contribution is -2.49. The molecule has 1 fully saturated rings. The van der Waals surface area contributed by atoms with Gasteiger partial charge in [0, 0.05) is 38.9 Å². The van der Waals surface area contributed by atoms with E-state index in [-0.39, 0.29) is 30.0 Å². The first-order valence-corrected chi connectivity index (χ1v) is 13.2. The highest BCUT2D eigenvalue weighted by Gasteiger charge is 2.31. The lowest BCUT2D eigenvalue weighted by molar-refractivity contribution is 0.0951. The zero-order chi connectivity index (χ0) is 23.7. The Morgan fingerprint density at radius 1 is 1.09 bits per heavy atom. The number of halogens is 1. The largest absolute Gasteiger partial charge is 0.454 e. The minimum Gasteiger partial charge on any atom is -0.454 e. The van der Waals surface area contributed by atoms with Gasteiger partial charge in [0.1, 0.15) is 10.0 Å². The van der Waals surface area contributed by atoms with Crippen LogP contribution in [0.25, 0.3) is 0 Å². The lowest BCUT2D eigenvalue weighted by Gasteiger charge is -2.35. The molecule has 12 heteroatoms. The molecular formula is C22H21ClN4O5S2. The number of thiophene rings is 1. The first-order valence-electron chi connectivity index (χ1n) is 10.5. The van der Waals surface area contributed by atoms with Crippen LogP contribution in [-0.2, 0) is 16.6 Å². The Hall–Kier alpha value is -2.86. The van der Waals surface area contributed by atoms with Crippen LogP contribution in [0.2, 0.25) is 4.34 Å². The number of piperazine rings is 1. The average Bonchev–Trinajstić information content (AvgIpc) is 3.51. The summed E-state index contributed by atoms with van der Waals surface area (Å²) in [7, 11) is -3.60. The maximum atomic E-state index is 13.0. The number of pyridine rings is 1. The molecule has 4 heterocycles. The molecule has 0 unspecified atom stereocenters. The summed E-state index contributed by atoms with van der Waals surface area (Å²) in [6, 6.07) is 12.1. The Balaban J connectivity index is 1.25. The summed E-state index contributed by atoms with van der Waals surface area (Å²) in [6.45, 7) is 1.91. The van der Waals surface area contributed by atoms with Crippen LogP contribution in [0.1, 0.15) is 15.9 Å². The number of rotatable bonds is 6. The first kappa shape index (κ1) is 22.9. The second-order valence-electron chi connectivity index (χ2n) is 7.69. The molecule has 0 spiro atoms. The van der Waals surface area contributed by atoms with Gasteiger partial charge in [0.05, 0.1) is 9.90 Å². The number of benzene rings is 1. The van der Waals surface area contributed by atoms with Gasteiger partial charge in [-0.25, -0.2) is 13.4 Å². The number of amides is 1. The Morgan fingerprint density at radius 2 is 1.88 bits per heavy atom. The highest BCUT2D eigenvalue weighted by molar-refractivity contribution is 7.91. The van der Waals surface area contributed by atoms with Crippen molar-refractivity contribution in [3.8, 4) is 11.5 Å². The minimum absolute atomic E-state index is 0.194. The van der Waals surface area contributed by atoms with Crippen molar-refractivity contribution in [2.45, 2.75) is 10.8 Å². The fourth-order valence-electron chi connectivity index (χ4n) is 3.86. The fraction of sp³-hybridized carbons (Fsp3) is 0.273. The van der Waals surface area contributed by atoms with Crippen LogP contribution < -0.4 is 19.7 Å². The number of hydrogen-bond donors (Lipinski definition) is 1. The topological polar surface area (TPSA) is 101 Å². The van der Waals surface area contributed by atoms with Crippen molar-refractivity contribution < 1.29 is 22.7 Å². The summed E-state index contributed by atoms with van der Waals surface area (Å²) in [5.74, 6) is 1.62. The summed E-state index contributed by atoms with van der Waals surface area (Å²) in [6.07, 6.45) is 1.63. The van der Waals surface area contributed by atoms with Crippen molar-refractivity contribution >= 4 is 44.7 Å². The molecule has 1 amide bonds. The highest BCUT2D eigenvalue weighted by atomic mass is 35.5. The van der Waals surface area contributed by atoms with Crippen LogP contribution in [0.4, 0.5) is 5.82 Å². The second kappa shape index (κ2) is 9.41. The molecule has 0 bridgehead atoms. The van der Waals surface area contributed by atoms with Crippen molar-refractivity contribution in [2.75, 3.05) is 37.9 Å². The molecule has 0 radical (unpaired) electrons. The summed E-state index contributed by atoms with van der Waals surface area (Å²) in [5, 5.41) is 2.92. The maximum absolute atomic E-state index is 13.0. The molecule has 9 nitrogen and oxygen atoms in total. The third-order valence-corrected chi connectivity index (χ3v) is 9.20. The number of carbonyl (C=O) groups excluding carboxylic acids is 1. The van der Waals surface area contributed by atoms with Crippen LogP contribution in [0, 0.1) is 0 Å². The number of carbonyl (C=O) groups is 1. The number of ether oxygens (including phenoxy) is 2. The molecule has 1 saturated heterocycles. The standard InChI is InChI=1S/C22H21ClN4O5S2/c23-19-5-6-20(33-19)34(29,30)27-10-8-26(9-11-27)21-16(2-1-7-24-21)22(28)25-13-15-3-4-17-18(12-15)32-14-31-17/h1-7,12H,8-11,13-14H2,(H,25,28). The lowest BCUT2D eigenvalue weighted by atomic mass is 10.1. The number of anilines is 1. The summed E-state index contributed by atoms with van der Waals surface area (Å²) in [4.78, 5) is 19.3. The molecule has 2 aliphatic rings. The third-order valence-electron chi connectivity index (χ3n) is 5.60. The van der Waals surface area contributed by atoms with E-state index in [9.17, 15) is 13.2 Å². The number of aromatic nitrogens is 1. The Kier molecular flexibility index (Phi) is 6.34. The van der Waals surface area contributed by atoms with Crippen LogP contribution in [-0.4, -0.2) is 56.6 Å². The van der Waals surface area contributed by atoms with Crippen LogP contribution >= 0.6 is 22.9 Å². The molecule has 0 aliphatic carbocycles. The minimum atomic E-state index is -3.60. The van der Waals surface area contributed by atoms with Gasteiger partial charge in [-0.1, -0.05) is 17.7 Å². The zero-order valence-corrected chi connectivity index (χ0v) is 20.3. The van der Waals surface area contributed by atoms with Crippen molar-refractivity contribution in [2.24, 2.45) is 0 Å². The SMILES string of the molecule is O=C(NCc1ccc2c(c1)OCO2)c1cccnc1N1CCN(S(=O)(=O)c2ccc(Cl)s2)CC1. The van der Waals surface area contributed by atoms with Gasteiger partial charge in [-0.2, -0.15) is 4.31 Å². The summed E-state index contributed by atoms with van der Waals surface area (Å²) in [5.41, 5.74) is 1.32. The van der Waals surface area contributed by atoms with Gasteiger partial charge in [0.2, 0.25) is 6.79 Å². The van der Waals surface area contributed by atoms with Gasteiger partial charge >= 0.3 is 0 Å². The number of hydrogen-bond acceptors (Lipinski definition) is 8. The van der Waals surface area contributed by atoms with Crippen LogP contribution in [0.3, 0.4) is 0 Å². The van der Waals surface area contributed by atoms with E-state index in [0.717, 1.165) is 16.9 Å². The molecule has 1 aromatic carbocycles. The molecule has 0 saturated carbocycles. The Labute approximate surface area is 205 Å². The molecule has 5 rings (SSSR count). The zero-order valence-electron chi connectivity index (χ0n) is 17.9. The van der Waals surface area contributed by atoms with E-state index < -0.39 is 10.0 Å². The molecule has 178 valence electrons. The predicted octanol–water partition coefficient (Wildman–Crippen LogP) is 2.97. The molecule has 3 aromatic rings. The van der Waals surface area contributed by atoms with E-state index in [2.05, 4.69) is 10.3 Å². The van der Waals surface area contributed by atoms with Gasteiger partial charge in [-0.15, -0.1) is 11.3 Å². The number of fused-ring (bicyclic) bond motifs is 1. The Morgan fingerprint density at radius 3 is 2.65 bits per heavy atom. The van der Waals surface area contributed by atoms with E-state index in [1.54, 1.807) is 24.4 Å². The number of sulfonamides is 1. The molecule has 2 aliphatic heterocycles. The average molecular weight is 521 g/mol. The van der Waals surface area contributed by atoms with Crippen molar-refractivity contribution in [3.05, 3.63) is 64.1 Å². The van der Waals surface area contributed by atoms with Gasteiger partial charge in [-0.05, 0) is 42.0 Å². The highest BCUT2D eigenvalue weighted by Crippen LogP contribution is 2.32. The molecule has 0 atom stereocenters. The monoisotopic (exact) mass is 520 g/mol. The van der Waals surface area contributed by atoms with Gasteiger partial charge < -0.3 is 19.7 Å². The molecule has 1 N–H and O–H groups in total. The van der Waals surface area contributed by atoms with Crippen LogP contribution in [0.15, 0.2) is 52.9 Å². The van der Waals surface area contributed by atoms with Crippen molar-refractivity contribution in [3.63, 3.8) is 0 Å². The van der Waals surface area contributed by atoms with E-state index >= 15 is 0 Å². The summed E-state index contributed by atoms with van der Waals surface area (Å²) < 4.78 is 38.5. The van der Waals surface area contributed by atoms with Gasteiger partial charge in [-0.3, -0.25) is 4.79 Å². The van der Waals surface area contributed by atoms with Gasteiger partial charge in [0.15, 0.2) is 11.5 Å². The normalized spacial score (nSPS) is 16.0. The number of nitrogens with one attached hydrogen (secondary N) is 1. The van der Waals surface area contributed by atoms with Gasteiger partial charge in [0.25, 0.3) is 15.9 Å². The smallest absolute Gasteiger partial charge is 0.255 e. The van der Waals surface area contributed by atoms with E-state index in [4.69, 9.17) is 21.1 Å². The van der Waals surface area contributed by atoms with Crippen molar-refractivity contribution in [1.82, 2.24) is 14.6 Å². The quantitative estimate of drug-likeness (QED) is 0.533. The van der Waals surface area contributed by atoms with Crippen molar-refractivity contribution in [1.29, 1.82) is 0 Å². The number of nitrogens with zero attached hydrogens (tertiary/aromatic N) is 3. The molecular weight excluding hydrogens is 500 g/mol. The van der Waals surface area contributed by atoms with E-state index in [1.807, 2.05) is 23.1 Å². The molecule has 2 aromatic heterocycles. The summed E-state index contributed by atoms with van der Waals surface area (Å²) >= 11 is 6.96. The van der Waals surface area contributed by atoms with Crippen LogP contribution in [0.5, 0.6) is 11.5 Å².